The molecule has 0 rings (SSSR count). The van der Waals surface area contributed by atoms with Gasteiger partial charge in [-0.2, -0.15) is 0 Å². The zero-order chi connectivity index (χ0) is 5.70. The van der Waals surface area contributed by atoms with E-state index in [2.05, 4.69) is 17.0 Å². The lowest BCUT2D eigenvalue weighted by Crippen LogP contribution is -1.84. The summed E-state index contributed by atoms with van der Waals surface area (Å²) in [4.78, 5) is 0. The van der Waals surface area contributed by atoms with Crippen molar-refractivity contribution in [2.45, 2.75) is 0 Å². The maximum Gasteiger partial charge on any atom is 0.230 e. The van der Waals surface area contributed by atoms with Crippen LogP contribution in [-0.2, 0) is 4.74 Å². The highest BCUT2D eigenvalue weighted by Crippen LogP contribution is 2.18. The van der Waals surface area contributed by atoms with Gasteiger partial charge in [-0.15, -0.1) is 0 Å². The van der Waals surface area contributed by atoms with Gasteiger partial charge < -0.3 is 4.74 Å². The van der Waals surface area contributed by atoms with Crippen molar-refractivity contribution in [3.8, 4) is 0 Å². The Kier molecular flexibility index (Phi) is 5.14. The molecule has 4 heteroatoms. The molecule has 0 atom stereocenters. The maximum atomic E-state index is 4.67. The van der Waals surface area contributed by atoms with E-state index in [0.29, 0.717) is 4.38 Å². The predicted octanol–water partition coefficient (Wildman–Crippen LogP) is 1.93. The smallest absolute Gasteiger partial charge is 0.230 e. The summed E-state index contributed by atoms with van der Waals surface area (Å²) in [5, 5.41) is 0. The van der Waals surface area contributed by atoms with E-state index < -0.39 is 0 Å². The molecule has 0 N–H and O–H groups in total. The van der Waals surface area contributed by atoms with Crippen LogP contribution in [0.5, 0.6) is 0 Å². The molecule has 0 aromatic rings. The number of methoxy groups -OCH3 is 1. The Morgan fingerprint density at radius 3 is 2.43 bits per heavy atom. The normalized spacial score (nSPS) is 8.29. The minimum Gasteiger partial charge on any atom is -0.481 e. The second-order valence-electron chi connectivity index (χ2n) is 0.704. The van der Waals surface area contributed by atoms with E-state index in [1.165, 1.54) is 10.8 Å². The summed E-state index contributed by atoms with van der Waals surface area (Å²) in [7, 11) is 4.62. The molecule has 0 spiro atoms. The molecular formula is C3H6OS3. The Balaban J connectivity index is 3.00. The number of thiocarbonyl (C=S) groups is 1. The molecule has 0 saturated heterocycles. The minimum absolute atomic E-state index is 0.590. The van der Waals surface area contributed by atoms with Crippen molar-refractivity contribution in [1.29, 1.82) is 0 Å². The van der Waals surface area contributed by atoms with E-state index in [-0.39, 0.29) is 0 Å². The molecule has 0 aromatic carbocycles. The van der Waals surface area contributed by atoms with Crippen molar-refractivity contribution >= 4 is 38.2 Å². The van der Waals surface area contributed by atoms with Crippen LogP contribution < -0.4 is 0 Å². The van der Waals surface area contributed by atoms with Crippen molar-refractivity contribution in [2.75, 3.05) is 13.4 Å². The molecule has 42 valence electrons. The van der Waals surface area contributed by atoms with Crippen molar-refractivity contribution in [2.24, 2.45) is 0 Å². The van der Waals surface area contributed by atoms with E-state index in [1.807, 2.05) is 6.26 Å². The molecule has 0 aliphatic heterocycles. The van der Waals surface area contributed by atoms with Gasteiger partial charge in [0, 0.05) is 0 Å². The van der Waals surface area contributed by atoms with Gasteiger partial charge in [0.2, 0.25) is 4.38 Å². The van der Waals surface area contributed by atoms with Gasteiger partial charge in [0.1, 0.15) is 0 Å². The molecule has 0 radical (unpaired) electrons. The minimum atomic E-state index is 0.590. The summed E-state index contributed by atoms with van der Waals surface area (Å²) in [6, 6.07) is 0. The van der Waals surface area contributed by atoms with Crippen molar-refractivity contribution in [3.05, 3.63) is 0 Å². The van der Waals surface area contributed by atoms with Gasteiger partial charge in [0.05, 0.1) is 7.11 Å². The summed E-state index contributed by atoms with van der Waals surface area (Å²) < 4.78 is 5.25. The lowest BCUT2D eigenvalue weighted by molar-refractivity contribution is 0.427. The van der Waals surface area contributed by atoms with Gasteiger partial charge in [-0.3, -0.25) is 0 Å². The van der Waals surface area contributed by atoms with Crippen LogP contribution in [0.2, 0.25) is 0 Å². The molecule has 7 heavy (non-hydrogen) atoms. The molecule has 0 fully saturated rings. The summed E-state index contributed by atoms with van der Waals surface area (Å²) in [6.45, 7) is 0. The summed E-state index contributed by atoms with van der Waals surface area (Å²) in [5.74, 6) is 0. The first kappa shape index (κ1) is 7.59. The van der Waals surface area contributed by atoms with Crippen molar-refractivity contribution in [3.63, 3.8) is 0 Å². The summed E-state index contributed by atoms with van der Waals surface area (Å²) in [5.41, 5.74) is 0. The first-order chi connectivity index (χ1) is 3.31. The fourth-order valence-electron chi connectivity index (χ4n) is 0.102. The van der Waals surface area contributed by atoms with Crippen LogP contribution in [0, 0.1) is 0 Å². The number of rotatable bonds is 1. The van der Waals surface area contributed by atoms with Crippen LogP contribution in [0.3, 0.4) is 0 Å². The fraction of sp³-hybridized carbons (Fsp3) is 0.667. The Morgan fingerprint density at radius 2 is 2.29 bits per heavy atom. The van der Waals surface area contributed by atoms with Gasteiger partial charge >= 0.3 is 0 Å². The summed E-state index contributed by atoms with van der Waals surface area (Å²) >= 11 is 4.67. The Hall–Kier alpha value is 0.590. The molecular weight excluding hydrogens is 148 g/mol. The van der Waals surface area contributed by atoms with Crippen LogP contribution >= 0.6 is 33.8 Å². The Morgan fingerprint density at radius 1 is 1.71 bits per heavy atom. The molecule has 1 nitrogen and oxygen atoms in total. The average Bonchev–Trinajstić information content (AvgIpc) is 1.68. The molecule has 0 saturated carbocycles. The van der Waals surface area contributed by atoms with Crippen LogP contribution in [0.4, 0.5) is 0 Å². The third-order valence-electron chi connectivity index (χ3n) is 0.318. The van der Waals surface area contributed by atoms with E-state index in [4.69, 9.17) is 0 Å². The van der Waals surface area contributed by atoms with Crippen molar-refractivity contribution < 1.29 is 4.74 Å². The maximum absolute atomic E-state index is 4.67. The highest BCUT2D eigenvalue weighted by Gasteiger charge is 1.88. The van der Waals surface area contributed by atoms with E-state index in [1.54, 1.807) is 17.9 Å². The predicted molar refractivity (Wildman–Crippen MR) is 40.7 cm³/mol. The molecule has 0 aliphatic carbocycles. The zero-order valence-electron chi connectivity index (χ0n) is 4.13. The Labute approximate surface area is 56.6 Å². The third-order valence-corrected chi connectivity index (χ3v) is 2.47. The van der Waals surface area contributed by atoms with Crippen LogP contribution in [0.15, 0.2) is 0 Å². The zero-order valence-corrected chi connectivity index (χ0v) is 6.58. The van der Waals surface area contributed by atoms with Gasteiger partial charge in [-0.1, -0.05) is 10.8 Å². The lowest BCUT2D eigenvalue weighted by Gasteiger charge is -1.93. The van der Waals surface area contributed by atoms with E-state index >= 15 is 0 Å². The monoisotopic (exact) mass is 154 g/mol. The van der Waals surface area contributed by atoms with Gasteiger partial charge in [-0.05, 0) is 29.3 Å². The molecule has 0 unspecified atom stereocenters. The van der Waals surface area contributed by atoms with E-state index in [0.717, 1.165) is 0 Å². The number of ether oxygens (including phenoxy) is 1. The standard InChI is InChI=1S/C3H6OS3/c1-4-3(5)7-6-2/h1-2H3. The molecule has 0 bridgehead atoms. The lowest BCUT2D eigenvalue weighted by atomic mass is 11.5. The van der Waals surface area contributed by atoms with Gasteiger partial charge in [0.15, 0.2) is 0 Å². The topological polar surface area (TPSA) is 9.23 Å². The molecule has 0 amide bonds. The first-order valence-corrected chi connectivity index (χ1v) is 4.56. The SMILES string of the molecule is COC(=S)SSC. The van der Waals surface area contributed by atoms with Gasteiger partial charge in [0.25, 0.3) is 0 Å². The highest BCUT2D eigenvalue weighted by atomic mass is 33.1. The molecule has 0 heterocycles. The second kappa shape index (κ2) is 4.74. The second-order valence-corrected chi connectivity index (χ2v) is 3.70. The highest BCUT2D eigenvalue weighted by molar-refractivity contribution is 8.83. The van der Waals surface area contributed by atoms with Crippen LogP contribution in [0.1, 0.15) is 0 Å². The van der Waals surface area contributed by atoms with Crippen molar-refractivity contribution in [1.82, 2.24) is 0 Å². The Bertz CT molecular complexity index is 63.2. The van der Waals surface area contributed by atoms with Crippen LogP contribution in [0.25, 0.3) is 0 Å². The molecule has 0 aromatic heterocycles. The third kappa shape index (κ3) is 4.44. The summed E-state index contributed by atoms with van der Waals surface area (Å²) in [6.07, 6.45) is 1.95. The van der Waals surface area contributed by atoms with Crippen LogP contribution in [-0.4, -0.2) is 17.7 Å². The largest absolute Gasteiger partial charge is 0.481 e. The molecule has 0 aliphatic rings. The quantitative estimate of drug-likeness (QED) is 0.421. The average molecular weight is 154 g/mol. The van der Waals surface area contributed by atoms with Gasteiger partial charge in [-0.25, -0.2) is 0 Å². The fourth-order valence-corrected chi connectivity index (χ4v) is 1.53. The number of hydrogen-bond acceptors (Lipinski definition) is 4. The van der Waals surface area contributed by atoms with E-state index in [9.17, 15) is 0 Å². The first-order valence-electron chi connectivity index (χ1n) is 1.60. The number of hydrogen-bond donors (Lipinski definition) is 0.